The van der Waals surface area contributed by atoms with Crippen molar-refractivity contribution in [3.05, 3.63) is 35.1 Å². The van der Waals surface area contributed by atoms with Crippen LogP contribution in [0.15, 0.2) is 18.2 Å². The van der Waals surface area contributed by atoms with Gasteiger partial charge in [0.1, 0.15) is 5.82 Å². The average molecular weight is 235 g/mol. The van der Waals surface area contributed by atoms with Crippen LogP contribution in [0.5, 0.6) is 0 Å². The van der Waals surface area contributed by atoms with Crippen LogP contribution in [0, 0.1) is 18.2 Å². The lowest BCUT2D eigenvalue weighted by Gasteiger charge is -2.33. The van der Waals surface area contributed by atoms with Gasteiger partial charge in [-0.1, -0.05) is 13.0 Å². The van der Waals surface area contributed by atoms with Crippen LogP contribution in [-0.2, 0) is 0 Å². The lowest BCUT2D eigenvalue weighted by molar-refractivity contribution is 0.0761. The van der Waals surface area contributed by atoms with Crippen LogP contribution >= 0.6 is 0 Å². The van der Waals surface area contributed by atoms with Gasteiger partial charge < -0.3 is 5.32 Å². The second kappa shape index (κ2) is 4.57. The molecule has 1 fully saturated rings. The summed E-state index contributed by atoms with van der Waals surface area (Å²) in [7, 11) is 0. The number of hydrogen-bond acceptors (Lipinski definition) is 2. The Morgan fingerprint density at radius 2 is 2.00 bits per heavy atom. The Balaban J connectivity index is 2.32. The van der Waals surface area contributed by atoms with Crippen LogP contribution in [0.3, 0.4) is 0 Å². The summed E-state index contributed by atoms with van der Waals surface area (Å²) in [5.74, 6) is -0.257. The minimum absolute atomic E-state index is 0.0796. The molecule has 2 nitrogen and oxygen atoms in total. The van der Waals surface area contributed by atoms with E-state index in [0.29, 0.717) is 5.56 Å². The molecule has 1 aliphatic rings. The highest BCUT2D eigenvalue weighted by molar-refractivity contribution is 6.01. The molecule has 2 rings (SSSR count). The third-order valence-electron chi connectivity index (χ3n) is 3.70. The molecule has 0 saturated carbocycles. The number of Topliss-reactive ketones (excluding diaryl/α,β-unsaturated/α-hetero) is 1. The van der Waals surface area contributed by atoms with Crippen molar-refractivity contribution in [1.29, 1.82) is 0 Å². The Labute approximate surface area is 101 Å². The summed E-state index contributed by atoms with van der Waals surface area (Å²) in [6, 6.07) is 4.44. The predicted molar refractivity (Wildman–Crippen MR) is 65.7 cm³/mol. The molecule has 92 valence electrons. The van der Waals surface area contributed by atoms with E-state index in [0.717, 1.165) is 31.5 Å². The van der Waals surface area contributed by atoms with Gasteiger partial charge in [-0.05, 0) is 50.6 Å². The SMILES string of the molecule is Cc1ccc(F)cc1C(=O)C1(C)CCNCC1. The van der Waals surface area contributed by atoms with Crippen LogP contribution in [0.2, 0.25) is 0 Å². The summed E-state index contributed by atoms with van der Waals surface area (Å²) < 4.78 is 13.2. The topological polar surface area (TPSA) is 29.1 Å². The van der Waals surface area contributed by atoms with E-state index in [4.69, 9.17) is 0 Å². The molecular weight excluding hydrogens is 217 g/mol. The Morgan fingerprint density at radius 3 is 2.65 bits per heavy atom. The fraction of sp³-hybridized carbons (Fsp3) is 0.500. The molecule has 17 heavy (non-hydrogen) atoms. The van der Waals surface area contributed by atoms with Gasteiger partial charge in [-0.2, -0.15) is 0 Å². The van der Waals surface area contributed by atoms with Crippen molar-refractivity contribution in [3.63, 3.8) is 0 Å². The fourth-order valence-corrected chi connectivity index (χ4v) is 2.37. The van der Waals surface area contributed by atoms with Gasteiger partial charge >= 0.3 is 0 Å². The predicted octanol–water partition coefficient (Wildman–Crippen LogP) is 2.71. The smallest absolute Gasteiger partial charge is 0.169 e. The van der Waals surface area contributed by atoms with E-state index >= 15 is 0 Å². The number of hydrogen-bond donors (Lipinski definition) is 1. The van der Waals surface area contributed by atoms with Crippen LogP contribution < -0.4 is 5.32 Å². The lowest BCUT2D eigenvalue weighted by Crippen LogP contribution is -2.40. The first kappa shape index (κ1) is 12.2. The maximum atomic E-state index is 13.2. The van der Waals surface area contributed by atoms with Crippen LogP contribution in [0.25, 0.3) is 0 Å². The summed E-state index contributed by atoms with van der Waals surface area (Å²) in [5.41, 5.74) is 1.05. The Kier molecular flexibility index (Phi) is 3.29. The van der Waals surface area contributed by atoms with Gasteiger partial charge in [0, 0.05) is 11.0 Å². The summed E-state index contributed by atoms with van der Waals surface area (Å²) in [4.78, 5) is 12.5. The highest BCUT2D eigenvalue weighted by atomic mass is 19.1. The number of halogens is 1. The molecule has 0 aromatic heterocycles. The summed E-state index contributed by atoms with van der Waals surface area (Å²) in [5, 5.41) is 3.25. The van der Waals surface area contributed by atoms with Crippen LogP contribution in [0.4, 0.5) is 4.39 Å². The standard InChI is InChI=1S/C14H18FNO/c1-10-3-4-11(15)9-12(10)13(17)14(2)5-7-16-8-6-14/h3-4,9,16H,5-8H2,1-2H3. The number of ketones is 1. The first-order valence-corrected chi connectivity index (χ1v) is 6.05. The summed E-state index contributed by atoms with van der Waals surface area (Å²) in [6.45, 7) is 5.56. The number of rotatable bonds is 2. The Morgan fingerprint density at radius 1 is 1.35 bits per heavy atom. The third kappa shape index (κ3) is 2.39. The van der Waals surface area contributed by atoms with Crippen molar-refractivity contribution in [2.24, 2.45) is 5.41 Å². The molecule has 0 bridgehead atoms. The fourth-order valence-electron chi connectivity index (χ4n) is 2.37. The summed E-state index contributed by atoms with van der Waals surface area (Å²) >= 11 is 0. The molecule has 0 atom stereocenters. The van der Waals surface area contributed by atoms with E-state index in [9.17, 15) is 9.18 Å². The Bertz CT molecular complexity index is 436. The summed E-state index contributed by atoms with van der Waals surface area (Å²) in [6.07, 6.45) is 1.64. The highest BCUT2D eigenvalue weighted by Crippen LogP contribution is 2.33. The third-order valence-corrected chi connectivity index (χ3v) is 3.70. The molecule has 0 unspecified atom stereocenters. The van der Waals surface area contributed by atoms with Gasteiger partial charge in [0.25, 0.3) is 0 Å². The van der Waals surface area contributed by atoms with Crippen molar-refractivity contribution in [1.82, 2.24) is 5.32 Å². The van der Waals surface area contributed by atoms with E-state index in [-0.39, 0.29) is 17.0 Å². The number of nitrogens with one attached hydrogen (secondary N) is 1. The maximum Gasteiger partial charge on any atom is 0.169 e. The first-order chi connectivity index (χ1) is 8.03. The second-order valence-electron chi connectivity index (χ2n) is 5.10. The molecule has 0 radical (unpaired) electrons. The van der Waals surface area contributed by atoms with Crippen molar-refractivity contribution in [2.45, 2.75) is 26.7 Å². The van der Waals surface area contributed by atoms with E-state index in [2.05, 4.69) is 5.32 Å². The molecule has 3 heteroatoms. The van der Waals surface area contributed by atoms with Crippen molar-refractivity contribution < 1.29 is 9.18 Å². The molecule has 1 aromatic rings. The quantitative estimate of drug-likeness (QED) is 0.798. The minimum atomic E-state index is -0.343. The highest BCUT2D eigenvalue weighted by Gasteiger charge is 2.35. The number of aryl methyl sites for hydroxylation is 1. The van der Waals surface area contributed by atoms with E-state index in [1.807, 2.05) is 13.8 Å². The zero-order chi connectivity index (χ0) is 12.5. The molecule has 0 amide bonds. The number of benzene rings is 1. The molecular formula is C14H18FNO. The van der Waals surface area contributed by atoms with Gasteiger partial charge in [0.2, 0.25) is 0 Å². The zero-order valence-corrected chi connectivity index (χ0v) is 10.3. The molecule has 1 saturated heterocycles. The van der Waals surface area contributed by atoms with Crippen molar-refractivity contribution in [3.8, 4) is 0 Å². The first-order valence-electron chi connectivity index (χ1n) is 6.05. The zero-order valence-electron chi connectivity index (χ0n) is 10.3. The van der Waals surface area contributed by atoms with Gasteiger partial charge in [-0.3, -0.25) is 4.79 Å². The largest absolute Gasteiger partial charge is 0.317 e. The molecule has 1 heterocycles. The Hall–Kier alpha value is -1.22. The van der Waals surface area contributed by atoms with Crippen LogP contribution in [-0.4, -0.2) is 18.9 Å². The lowest BCUT2D eigenvalue weighted by atomic mass is 9.74. The maximum absolute atomic E-state index is 13.2. The van der Waals surface area contributed by atoms with Gasteiger partial charge in [-0.15, -0.1) is 0 Å². The van der Waals surface area contributed by atoms with Gasteiger partial charge in [-0.25, -0.2) is 4.39 Å². The van der Waals surface area contributed by atoms with Gasteiger partial charge in [0.15, 0.2) is 5.78 Å². The molecule has 1 N–H and O–H groups in total. The van der Waals surface area contributed by atoms with Crippen molar-refractivity contribution in [2.75, 3.05) is 13.1 Å². The monoisotopic (exact) mass is 235 g/mol. The number of carbonyl (C=O) groups excluding carboxylic acids is 1. The van der Waals surface area contributed by atoms with Crippen molar-refractivity contribution >= 4 is 5.78 Å². The molecule has 0 aliphatic carbocycles. The minimum Gasteiger partial charge on any atom is -0.317 e. The number of carbonyl (C=O) groups is 1. The van der Waals surface area contributed by atoms with Crippen LogP contribution in [0.1, 0.15) is 35.7 Å². The normalized spacial score (nSPS) is 19.0. The van der Waals surface area contributed by atoms with E-state index in [1.165, 1.54) is 12.1 Å². The molecule has 0 spiro atoms. The second-order valence-corrected chi connectivity index (χ2v) is 5.10. The number of piperidine rings is 1. The van der Waals surface area contributed by atoms with E-state index < -0.39 is 0 Å². The average Bonchev–Trinajstić information content (AvgIpc) is 2.32. The van der Waals surface area contributed by atoms with Gasteiger partial charge in [0.05, 0.1) is 0 Å². The van der Waals surface area contributed by atoms with E-state index in [1.54, 1.807) is 6.07 Å². The molecule has 1 aliphatic heterocycles. The molecule has 1 aromatic carbocycles.